The topological polar surface area (TPSA) is 29.1 Å². The third-order valence-electron chi connectivity index (χ3n) is 2.81. The van der Waals surface area contributed by atoms with E-state index < -0.39 is 0 Å². The maximum atomic E-state index is 12.1. The molecule has 2 rings (SSSR count). The van der Waals surface area contributed by atoms with Crippen molar-refractivity contribution in [1.82, 2.24) is 0 Å². The minimum absolute atomic E-state index is 0.212. The molecule has 0 radical (unpaired) electrons. The van der Waals surface area contributed by atoms with Gasteiger partial charge in [-0.3, -0.25) is 4.79 Å². The zero-order chi connectivity index (χ0) is 13.8. The first-order chi connectivity index (χ1) is 9.11. The van der Waals surface area contributed by atoms with Gasteiger partial charge in [0.05, 0.1) is 16.3 Å². The number of nitrogens with one attached hydrogen (secondary N) is 1. The van der Waals surface area contributed by atoms with Crippen LogP contribution in [0.5, 0.6) is 0 Å². The number of benzene rings is 2. The van der Waals surface area contributed by atoms with Crippen molar-refractivity contribution in [2.75, 3.05) is 5.32 Å². The van der Waals surface area contributed by atoms with Crippen molar-refractivity contribution in [2.24, 2.45) is 0 Å². The quantitative estimate of drug-likeness (QED) is 0.846. The molecule has 0 heterocycles. The Morgan fingerprint density at radius 1 is 1.26 bits per heavy atom. The number of carbonyl (C=O) groups is 1. The van der Waals surface area contributed by atoms with E-state index in [1.54, 1.807) is 24.3 Å². The number of rotatable bonds is 3. The van der Waals surface area contributed by atoms with E-state index in [1.807, 2.05) is 18.2 Å². The van der Waals surface area contributed by atoms with Crippen molar-refractivity contribution >= 4 is 39.1 Å². The molecule has 2 nitrogen and oxygen atoms in total. The summed E-state index contributed by atoms with van der Waals surface area (Å²) in [6.45, 7) is 2.09. The van der Waals surface area contributed by atoms with E-state index in [2.05, 4.69) is 28.2 Å². The molecule has 0 fully saturated rings. The Morgan fingerprint density at radius 2 is 2.00 bits per heavy atom. The van der Waals surface area contributed by atoms with Crippen molar-refractivity contribution in [3.05, 3.63) is 63.1 Å². The summed E-state index contributed by atoms with van der Waals surface area (Å²) >= 11 is 9.46. The molecule has 0 bridgehead atoms. The van der Waals surface area contributed by atoms with Gasteiger partial charge in [-0.05, 0) is 52.2 Å². The second kappa shape index (κ2) is 6.22. The maximum absolute atomic E-state index is 12.1. The molecule has 2 aromatic carbocycles. The number of hydrogen-bond acceptors (Lipinski definition) is 1. The van der Waals surface area contributed by atoms with E-state index >= 15 is 0 Å². The molecule has 98 valence electrons. The fourth-order valence-corrected chi connectivity index (χ4v) is 2.46. The van der Waals surface area contributed by atoms with Crippen LogP contribution in [-0.2, 0) is 6.42 Å². The molecular formula is C15H13BrClNO. The molecule has 1 N–H and O–H groups in total. The van der Waals surface area contributed by atoms with E-state index in [1.165, 1.54) is 5.56 Å². The average molecular weight is 339 g/mol. The lowest BCUT2D eigenvalue weighted by Crippen LogP contribution is -2.12. The first-order valence-corrected chi connectivity index (χ1v) is 7.13. The first-order valence-electron chi connectivity index (χ1n) is 5.96. The maximum Gasteiger partial charge on any atom is 0.257 e. The Kier molecular flexibility index (Phi) is 4.61. The third kappa shape index (κ3) is 3.37. The predicted octanol–water partition coefficient (Wildman–Crippen LogP) is 4.92. The number of anilines is 1. The monoisotopic (exact) mass is 337 g/mol. The van der Waals surface area contributed by atoms with Crippen LogP contribution in [0.4, 0.5) is 5.69 Å². The first kappa shape index (κ1) is 14.1. The van der Waals surface area contributed by atoms with E-state index in [-0.39, 0.29) is 5.91 Å². The molecule has 0 aliphatic heterocycles. The molecule has 4 heteroatoms. The predicted molar refractivity (Wildman–Crippen MR) is 82.9 cm³/mol. The van der Waals surface area contributed by atoms with E-state index in [0.717, 1.165) is 16.6 Å². The fourth-order valence-electron chi connectivity index (χ4n) is 1.71. The van der Waals surface area contributed by atoms with E-state index in [0.29, 0.717) is 10.6 Å². The lowest BCUT2D eigenvalue weighted by molar-refractivity contribution is 0.102. The zero-order valence-corrected chi connectivity index (χ0v) is 12.8. The number of aryl methyl sites for hydroxylation is 1. The third-order valence-corrected chi connectivity index (χ3v) is 3.79. The lowest BCUT2D eigenvalue weighted by Gasteiger charge is -2.09. The molecule has 0 aromatic heterocycles. The Balaban J connectivity index is 2.22. The number of amides is 1. The highest BCUT2D eigenvalue weighted by molar-refractivity contribution is 9.10. The smallest absolute Gasteiger partial charge is 0.257 e. The Labute approximate surface area is 125 Å². The van der Waals surface area contributed by atoms with Crippen molar-refractivity contribution in [3.63, 3.8) is 0 Å². The summed E-state index contributed by atoms with van der Waals surface area (Å²) in [7, 11) is 0. The van der Waals surface area contributed by atoms with Crippen molar-refractivity contribution in [1.29, 1.82) is 0 Å². The highest BCUT2D eigenvalue weighted by Gasteiger charge is 2.11. The van der Waals surface area contributed by atoms with Gasteiger partial charge in [0.2, 0.25) is 0 Å². The van der Waals surface area contributed by atoms with Crippen LogP contribution in [-0.4, -0.2) is 5.91 Å². The zero-order valence-electron chi connectivity index (χ0n) is 10.4. The Morgan fingerprint density at radius 3 is 2.63 bits per heavy atom. The van der Waals surface area contributed by atoms with Crippen LogP contribution >= 0.6 is 27.5 Å². The van der Waals surface area contributed by atoms with Crippen LogP contribution in [0, 0.1) is 0 Å². The molecule has 1 amide bonds. The van der Waals surface area contributed by atoms with Gasteiger partial charge in [-0.2, -0.15) is 0 Å². The van der Waals surface area contributed by atoms with Gasteiger partial charge in [-0.25, -0.2) is 0 Å². The van der Waals surface area contributed by atoms with Crippen molar-refractivity contribution < 1.29 is 4.79 Å². The highest BCUT2D eigenvalue weighted by atomic mass is 79.9. The molecule has 0 aliphatic rings. The fraction of sp³-hybridized carbons (Fsp3) is 0.133. The summed E-state index contributed by atoms with van der Waals surface area (Å²) < 4.78 is 0.868. The van der Waals surface area contributed by atoms with Gasteiger partial charge in [0, 0.05) is 4.47 Å². The molecule has 0 spiro atoms. The molecule has 0 aliphatic carbocycles. The van der Waals surface area contributed by atoms with Gasteiger partial charge in [-0.15, -0.1) is 0 Å². The van der Waals surface area contributed by atoms with Gasteiger partial charge in [0.25, 0.3) is 5.91 Å². The standard InChI is InChI=1S/C15H13BrClNO/c1-2-10-7-8-14(12(16)9-10)18-15(19)11-5-3-4-6-13(11)17/h3-9H,2H2,1H3,(H,18,19). The summed E-state index contributed by atoms with van der Waals surface area (Å²) in [5, 5.41) is 3.29. The Hall–Kier alpha value is -1.32. The summed E-state index contributed by atoms with van der Waals surface area (Å²) in [4.78, 5) is 12.1. The van der Waals surface area contributed by atoms with E-state index in [9.17, 15) is 4.79 Å². The second-order valence-corrected chi connectivity index (χ2v) is 5.36. The Bertz CT molecular complexity index is 613. The van der Waals surface area contributed by atoms with Crippen molar-refractivity contribution in [2.45, 2.75) is 13.3 Å². The molecular weight excluding hydrogens is 326 g/mol. The SMILES string of the molecule is CCc1ccc(NC(=O)c2ccccc2Cl)c(Br)c1. The van der Waals surface area contributed by atoms with Crippen LogP contribution in [0.3, 0.4) is 0 Å². The summed E-state index contributed by atoms with van der Waals surface area (Å²) in [5.41, 5.74) is 2.42. The van der Waals surface area contributed by atoms with Crippen molar-refractivity contribution in [3.8, 4) is 0 Å². The molecule has 0 saturated heterocycles. The lowest BCUT2D eigenvalue weighted by atomic mass is 10.1. The van der Waals surface area contributed by atoms with Crippen LogP contribution in [0.25, 0.3) is 0 Å². The normalized spacial score (nSPS) is 10.3. The highest BCUT2D eigenvalue weighted by Crippen LogP contribution is 2.25. The van der Waals surface area contributed by atoms with Crippen LogP contribution in [0.1, 0.15) is 22.8 Å². The molecule has 0 saturated carbocycles. The summed E-state index contributed by atoms with van der Waals surface area (Å²) in [5.74, 6) is -0.212. The molecule has 0 atom stereocenters. The van der Waals surface area contributed by atoms with Gasteiger partial charge < -0.3 is 5.32 Å². The summed E-state index contributed by atoms with van der Waals surface area (Å²) in [6, 6.07) is 12.9. The van der Waals surface area contributed by atoms with Gasteiger partial charge in [0.15, 0.2) is 0 Å². The minimum atomic E-state index is -0.212. The largest absolute Gasteiger partial charge is 0.321 e. The number of halogens is 2. The van der Waals surface area contributed by atoms with Gasteiger partial charge in [0.1, 0.15) is 0 Å². The van der Waals surface area contributed by atoms with Crippen LogP contribution in [0.2, 0.25) is 5.02 Å². The number of carbonyl (C=O) groups excluding carboxylic acids is 1. The minimum Gasteiger partial charge on any atom is -0.321 e. The number of hydrogen-bond donors (Lipinski definition) is 1. The van der Waals surface area contributed by atoms with Crippen LogP contribution in [0.15, 0.2) is 46.9 Å². The molecule has 0 unspecified atom stereocenters. The van der Waals surface area contributed by atoms with Gasteiger partial charge in [-0.1, -0.05) is 36.7 Å². The summed E-state index contributed by atoms with van der Waals surface area (Å²) in [6.07, 6.45) is 0.956. The van der Waals surface area contributed by atoms with Crippen LogP contribution < -0.4 is 5.32 Å². The van der Waals surface area contributed by atoms with Gasteiger partial charge >= 0.3 is 0 Å². The molecule has 2 aromatic rings. The average Bonchev–Trinajstić information content (AvgIpc) is 2.41. The molecule has 19 heavy (non-hydrogen) atoms. The van der Waals surface area contributed by atoms with E-state index in [4.69, 9.17) is 11.6 Å². The second-order valence-electron chi connectivity index (χ2n) is 4.10.